The van der Waals surface area contributed by atoms with E-state index < -0.39 is 0 Å². The molecule has 1 atom stereocenters. The fourth-order valence-corrected chi connectivity index (χ4v) is 2.36. The fraction of sp³-hybridized carbons (Fsp3) is 0.600. The predicted octanol–water partition coefficient (Wildman–Crippen LogP) is 3.80. The van der Waals surface area contributed by atoms with Gasteiger partial charge in [0.05, 0.1) is 0 Å². The summed E-state index contributed by atoms with van der Waals surface area (Å²) in [6.07, 6.45) is 3.97. The van der Waals surface area contributed by atoms with E-state index in [1.165, 1.54) is 36.9 Å². The van der Waals surface area contributed by atoms with Crippen molar-refractivity contribution < 1.29 is 0 Å². The van der Waals surface area contributed by atoms with Crippen LogP contribution in [-0.2, 0) is 5.41 Å². The Balaban J connectivity index is 2.21. The van der Waals surface area contributed by atoms with Crippen LogP contribution in [0.5, 0.6) is 0 Å². The molecule has 1 aliphatic rings. The topological polar surface area (TPSA) is 12.0 Å². The van der Waals surface area contributed by atoms with Crippen LogP contribution in [-0.4, -0.2) is 6.54 Å². The zero-order chi connectivity index (χ0) is 11.6. The maximum atomic E-state index is 3.61. The van der Waals surface area contributed by atoms with Gasteiger partial charge in [-0.3, -0.25) is 0 Å². The van der Waals surface area contributed by atoms with Crippen molar-refractivity contribution in [3.8, 4) is 0 Å². The van der Waals surface area contributed by atoms with Crippen molar-refractivity contribution in [2.24, 2.45) is 0 Å². The molecule has 0 spiro atoms. The van der Waals surface area contributed by atoms with Gasteiger partial charge < -0.3 is 5.32 Å². The normalized spacial score (nSPS) is 22.1. The van der Waals surface area contributed by atoms with Gasteiger partial charge in [0.15, 0.2) is 0 Å². The summed E-state index contributed by atoms with van der Waals surface area (Å²) in [4.78, 5) is 0. The van der Waals surface area contributed by atoms with E-state index in [0.717, 1.165) is 0 Å². The Kier molecular flexibility index (Phi) is 3.34. The molecule has 88 valence electrons. The van der Waals surface area contributed by atoms with Crippen LogP contribution in [0.1, 0.15) is 57.2 Å². The van der Waals surface area contributed by atoms with Crippen LogP contribution < -0.4 is 5.32 Å². The SMILES string of the molecule is CC(C)(C)c1cccc([C@H]2CCCCN2)c1. The summed E-state index contributed by atoms with van der Waals surface area (Å²) in [6.45, 7) is 8.01. The minimum Gasteiger partial charge on any atom is -0.310 e. The molecule has 1 aliphatic heterocycles. The molecule has 1 aromatic rings. The summed E-state index contributed by atoms with van der Waals surface area (Å²) in [5, 5.41) is 3.61. The van der Waals surface area contributed by atoms with Gasteiger partial charge in [0.2, 0.25) is 0 Å². The summed E-state index contributed by atoms with van der Waals surface area (Å²) < 4.78 is 0. The van der Waals surface area contributed by atoms with E-state index in [0.29, 0.717) is 6.04 Å². The minimum atomic E-state index is 0.255. The number of hydrogen-bond donors (Lipinski definition) is 1. The molecule has 16 heavy (non-hydrogen) atoms. The Morgan fingerprint density at radius 2 is 2.00 bits per heavy atom. The zero-order valence-corrected chi connectivity index (χ0v) is 10.7. The molecule has 0 radical (unpaired) electrons. The van der Waals surface area contributed by atoms with E-state index in [1.807, 2.05) is 0 Å². The molecule has 1 nitrogen and oxygen atoms in total. The van der Waals surface area contributed by atoms with Gasteiger partial charge in [0.25, 0.3) is 0 Å². The Hall–Kier alpha value is -0.820. The molecular formula is C15H23N. The van der Waals surface area contributed by atoms with Crippen LogP contribution in [0.3, 0.4) is 0 Å². The molecule has 0 saturated carbocycles. The third-order valence-electron chi connectivity index (χ3n) is 3.47. The lowest BCUT2D eigenvalue weighted by Crippen LogP contribution is -2.27. The van der Waals surface area contributed by atoms with E-state index in [2.05, 4.69) is 50.4 Å². The van der Waals surface area contributed by atoms with Gasteiger partial charge >= 0.3 is 0 Å². The second-order valence-corrected chi connectivity index (χ2v) is 5.88. The van der Waals surface area contributed by atoms with E-state index in [4.69, 9.17) is 0 Å². The maximum absolute atomic E-state index is 3.61. The highest BCUT2D eigenvalue weighted by Crippen LogP contribution is 2.28. The Labute approximate surface area is 99.3 Å². The van der Waals surface area contributed by atoms with Crippen LogP contribution in [0, 0.1) is 0 Å². The van der Waals surface area contributed by atoms with Gasteiger partial charge in [-0.15, -0.1) is 0 Å². The van der Waals surface area contributed by atoms with E-state index >= 15 is 0 Å². The van der Waals surface area contributed by atoms with Crippen molar-refractivity contribution in [1.29, 1.82) is 0 Å². The third-order valence-corrected chi connectivity index (χ3v) is 3.47. The molecule has 1 heteroatoms. The summed E-state index contributed by atoms with van der Waals surface area (Å²) in [5.41, 5.74) is 3.16. The van der Waals surface area contributed by atoms with Crippen molar-refractivity contribution in [2.75, 3.05) is 6.54 Å². The lowest BCUT2D eigenvalue weighted by Gasteiger charge is -2.26. The average molecular weight is 217 g/mol. The summed E-state index contributed by atoms with van der Waals surface area (Å²) >= 11 is 0. The second-order valence-electron chi connectivity index (χ2n) is 5.88. The fourth-order valence-electron chi connectivity index (χ4n) is 2.36. The van der Waals surface area contributed by atoms with Gasteiger partial charge in [0, 0.05) is 6.04 Å². The van der Waals surface area contributed by atoms with E-state index in [1.54, 1.807) is 0 Å². The highest BCUT2D eigenvalue weighted by Gasteiger charge is 2.18. The molecule has 1 N–H and O–H groups in total. The Bertz CT molecular complexity index is 343. The monoisotopic (exact) mass is 217 g/mol. The van der Waals surface area contributed by atoms with Crippen molar-refractivity contribution in [1.82, 2.24) is 5.32 Å². The molecule has 1 fully saturated rings. The first kappa shape index (κ1) is 11.7. The van der Waals surface area contributed by atoms with Gasteiger partial charge in [-0.2, -0.15) is 0 Å². The van der Waals surface area contributed by atoms with Crippen molar-refractivity contribution in [3.63, 3.8) is 0 Å². The van der Waals surface area contributed by atoms with Gasteiger partial charge in [-0.05, 0) is 35.9 Å². The van der Waals surface area contributed by atoms with E-state index in [9.17, 15) is 0 Å². The first-order valence-electron chi connectivity index (χ1n) is 6.41. The van der Waals surface area contributed by atoms with Crippen LogP contribution in [0.2, 0.25) is 0 Å². The van der Waals surface area contributed by atoms with Crippen molar-refractivity contribution in [2.45, 2.75) is 51.5 Å². The summed E-state index contributed by atoms with van der Waals surface area (Å²) in [5.74, 6) is 0. The van der Waals surface area contributed by atoms with Crippen LogP contribution >= 0.6 is 0 Å². The first-order chi connectivity index (χ1) is 7.57. The molecule has 0 aliphatic carbocycles. The zero-order valence-electron chi connectivity index (χ0n) is 10.7. The highest BCUT2D eigenvalue weighted by atomic mass is 14.9. The third kappa shape index (κ3) is 2.65. The van der Waals surface area contributed by atoms with Crippen molar-refractivity contribution in [3.05, 3.63) is 35.4 Å². The average Bonchev–Trinajstić information content (AvgIpc) is 2.29. The second kappa shape index (κ2) is 4.58. The Morgan fingerprint density at radius 3 is 2.62 bits per heavy atom. The molecule has 0 bridgehead atoms. The minimum absolute atomic E-state index is 0.255. The van der Waals surface area contributed by atoms with Crippen LogP contribution in [0.4, 0.5) is 0 Å². The molecular weight excluding hydrogens is 194 g/mol. The summed E-state index contributed by atoms with van der Waals surface area (Å²) in [7, 11) is 0. The molecule has 0 amide bonds. The molecule has 0 aromatic heterocycles. The van der Waals surface area contributed by atoms with E-state index in [-0.39, 0.29) is 5.41 Å². The van der Waals surface area contributed by atoms with Gasteiger partial charge in [-0.1, -0.05) is 51.5 Å². The molecule has 1 aromatic carbocycles. The predicted molar refractivity (Wildman–Crippen MR) is 69.7 cm³/mol. The van der Waals surface area contributed by atoms with Crippen molar-refractivity contribution >= 4 is 0 Å². The quantitative estimate of drug-likeness (QED) is 0.754. The number of nitrogens with one attached hydrogen (secondary N) is 1. The molecule has 0 unspecified atom stereocenters. The number of benzene rings is 1. The smallest absolute Gasteiger partial charge is 0.0320 e. The maximum Gasteiger partial charge on any atom is 0.0320 e. The molecule has 2 rings (SSSR count). The van der Waals surface area contributed by atoms with Gasteiger partial charge in [0.1, 0.15) is 0 Å². The number of piperidine rings is 1. The summed E-state index contributed by atoms with van der Waals surface area (Å²) in [6, 6.07) is 9.66. The Morgan fingerprint density at radius 1 is 1.19 bits per heavy atom. The lowest BCUT2D eigenvalue weighted by atomic mass is 9.84. The first-order valence-corrected chi connectivity index (χ1v) is 6.41. The van der Waals surface area contributed by atoms with Crippen LogP contribution in [0.15, 0.2) is 24.3 Å². The lowest BCUT2D eigenvalue weighted by molar-refractivity contribution is 0.411. The largest absolute Gasteiger partial charge is 0.310 e. The standard InChI is InChI=1S/C15H23N/c1-15(2,3)13-8-6-7-12(11-13)14-9-4-5-10-16-14/h6-8,11,14,16H,4-5,9-10H2,1-3H3/t14-/m1/s1. The van der Waals surface area contributed by atoms with Gasteiger partial charge in [-0.25, -0.2) is 0 Å². The molecule has 1 heterocycles. The highest BCUT2D eigenvalue weighted by molar-refractivity contribution is 5.30. The number of hydrogen-bond acceptors (Lipinski definition) is 1. The van der Waals surface area contributed by atoms with Crippen LogP contribution in [0.25, 0.3) is 0 Å². The number of rotatable bonds is 1. The molecule has 1 saturated heterocycles.